The van der Waals surface area contributed by atoms with Crippen molar-refractivity contribution in [2.24, 2.45) is 0 Å². The molecular formula is C24H17F3N2O. The molecule has 0 radical (unpaired) electrons. The first-order chi connectivity index (χ1) is 14.3. The highest BCUT2D eigenvalue weighted by Gasteiger charge is 2.32. The number of nitrogens with one attached hydrogen (secondary N) is 1. The van der Waals surface area contributed by atoms with E-state index in [4.69, 9.17) is 0 Å². The van der Waals surface area contributed by atoms with Crippen LogP contribution in [0.2, 0.25) is 0 Å². The van der Waals surface area contributed by atoms with Crippen molar-refractivity contribution in [3.8, 4) is 11.1 Å². The van der Waals surface area contributed by atoms with E-state index in [9.17, 15) is 18.3 Å². The second kappa shape index (κ2) is 7.55. The SMILES string of the molecule is C=C(O)c1ccccc1-c1ccc2nc(/C=C/c3ccccc3C(F)(F)F)[nH]c2c1. The van der Waals surface area contributed by atoms with Crippen LogP contribution >= 0.6 is 0 Å². The summed E-state index contributed by atoms with van der Waals surface area (Å²) in [6, 6.07) is 18.3. The third kappa shape index (κ3) is 3.85. The number of hydrogen-bond donors (Lipinski definition) is 2. The lowest BCUT2D eigenvalue weighted by atomic mass is 9.98. The Kier molecular flexibility index (Phi) is 4.91. The van der Waals surface area contributed by atoms with Crippen LogP contribution in [0.25, 0.3) is 40.1 Å². The van der Waals surface area contributed by atoms with Crippen LogP contribution in [0.3, 0.4) is 0 Å². The number of H-pyrrole nitrogens is 1. The molecule has 0 aliphatic heterocycles. The molecule has 0 saturated carbocycles. The Hall–Kier alpha value is -3.80. The van der Waals surface area contributed by atoms with E-state index in [1.165, 1.54) is 24.3 Å². The van der Waals surface area contributed by atoms with Gasteiger partial charge in [0.25, 0.3) is 0 Å². The molecule has 0 spiro atoms. The molecular weight excluding hydrogens is 389 g/mol. The van der Waals surface area contributed by atoms with Gasteiger partial charge in [-0.15, -0.1) is 0 Å². The van der Waals surface area contributed by atoms with Gasteiger partial charge in [0.2, 0.25) is 0 Å². The van der Waals surface area contributed by atoms with Crippen molar-refractivity contribution in [2.45, 2.75) is 6.18 Å². The molecule has 0 aliphatic carbocycles. The number of aliphatic hydroxyl groups is 1. The molecule has 3 nitrogen and oxygen atoms in total. The first kappa shape index (κ1) is 19.5. The van der Waals surface area contributed by atoms with E-state index >= 15 is 0 Å². The van der Waals surface area contributed by atoms with Crippen LogP contribution in [0.1, 0.15) is 22.5 Å². The van der Waals surface area contributed by atoms with Gasteiger partial charge in [0.1, 0.15) is 11.6 Å². The monoisotopic (exact) mass is 406 g/mol. The van der Waals surface area contributed by atoms with Crippen molar-refractivity contribution in [1.29, 1.82) is 0 Å². The van der Waals surface area contributed by atoms with Crippen LogP contribution in [0.4, 0.5) is 13.2 Å². The molecule has 0 atom stereocenters. The summed E-state index contributed by atoms with van der Waals surface area (Å²) >= 11 is 0. The van der Waals surface area contributed by atoms with Gasteiger partial charge in [0.15, 0.2) is 0 Å². The maximum Gasteiger partial charge on any atom is 0.416 e. The van der Waals surface area contributed by atoms with Crippen LogP contribution in [-0.4, -0.2) is 15.1 Å². The largest absolute Gasteiger partial charge is 0.508 e. The minimum Gasteiger partial charge on any atom is -0.508 e. The van der Waals surface area contributed by atoms with E-state index in [1.807, 2.05) is 36.4 Å². The topological polar surface area (TPSA) is 48.9 Å². The predicted octanol–water partition coefficient (Wildman–Crippen LogP) is 6.95. The molecule has 1 heterocycles. The van der Waals surface area contributed by atoms with E-state index in [0.29, 0.717) is 16.9 Å². The molecule has 0 aliphatic rings. The molecule has 3 aromatic carbocycles. The van der Waals surface area contributed by atoms with Crippen molar-refractivity contribution >= 4 is 28.9 Å². The van der Waals surface area contributed by atoms with Gasteiger partial charge in [-0.25, -0.2) is 4.98 Å². The smallest absolute Gasteiger partial charge is 0.416 e. The van der Waals surface area contributed by atoms with Crippen LogP contribution in [0.5, 0.6) is 0 Å². The summed E-state index contributed by atoms with van der Waals surface area (Å²) < 4.78 is 39.5. The lowest BCUT2D eigenvalue weighted by Gasteiger charge is -2.09. The Morgan fingerprint density at radius 1 is 0.967 bits per heavy atom. The van der Waals surface area contributed by atoms with Crippen LogP contribution in [-0.2, 0) is 6.18 Å². The van der Waals surface area contributed by atoms with Gasteiger partial charge in [0, 0.05) is 5.56 Å². The number of alkyl halides is 3. The van der Waals surface area contributed by atoms with Gasteiger partial charge < -0.3 is 10.1 Å². The lowest BCUT2D eigenvalue weighted by Crippen LogP contribution is -2.06. The van der Waals surface area contributed by atoms with Gasteiger partial charge in [-0.2, -0.15) is 13.2 Å². The summed E-state index contributed by atoms with van der Waals surface area (Å²) in [6.07, 6.45) is -1.51. The van der Waals surface area contributed by atoms with E-state index < -0.39 is 11.7 Å². The second-order valence-electron chi connectivity index (χ2n) is 6.76. The van der Waals surface area contributed by atoms with Crippen molar-refractivity contribution in [2.75, 3.05) is 0 Å². The number of rotatable bonds is 4. The number of aliphatic hydroxyl groups excluding tert-OH is 1. The second-order valence-corrected chi connectivity index (χ2v) is 6.76. The van der Waals surface area contributed by atoms with E-state index in [2.05, 4.69) is 16.5 Å². The van der Waals surface area contributed by atoms with Crippen molar-refractivity contribution in [1.82, 2.24) is 9.97 Å². The number of hydrogen-bond acceptors (Lipinski definition) is 2. The van der Waals surface area contributed by atoms with Crippen molar-refractivity contribution in [3.05, 3.63) is 95.8 Å². The molecule has 6 heteroatoms. The Bertz CT molecular complexity index is 1270. The maximum absolute atomic E-state index is 13.2. The Morgan fingerprint density at radius 2 is 1.70 bits per heavy atom. The van der Waals surface area contributed by atoms with E-state index in [-0.39, 0.29) is 11.3 Å². The highest BCUT2D eigenvalue weighted by Crippen LogP contribution is 2.33. The third-order valence-electron chi connectivity index (χ3n) is 4.74. The van der Waals surface area contributed by atoms with E-state index in [1.54, 1.807) is 12.1 Å². The van der Waals surface area contributed by atoms with Crippen molar-refractivity contribution in [3.63, 3.8) is 0 Å². The quantitative estimate of drug-likeness (QED) is 0.360. The molecule has 0 unspecified atom stereocenters. The number of aromatic nitrogens is 2. The lowest BCUT2D eigenvalue weighted by molar-refractivity contribution is -0.137. The standard InChI is InChI=1S/C24H17F3N2O/c1-15(30)18-7-3-4-8-19(18)17-10-12-21-22(14-17)29-23(28-21)13-11-16-6-2-5-9-20(16)24(25,26)27/h2-14,30H,1H2,(H,28,29)/b13-11+. The van der Waals surface area contributed by atoms with Gasteiger partial charge in [-0.3, -0.25) is 0 Å². The molecule has 4 rings (SSSR count). The van der Waals surface area contributed by atoms with Gasteiger partial charge in [0.05, 0.1) is 16.6 Å². The number of nitrogens with zero attached hydrogens (tertiary/aromatic N) is 1. The molecule has 4 aromatic rings. The molecule has 1 aromatic heterocycles. The Balaban J connectivity index is 1.70. The summed E-state index contributed by atoms with van der Waals surface area (Å²) in [5.74, 6) is 0.418. The Labute approximate surface area is 170 Å². The minimum atomic E-state index is -4.42. The fourth-order valence-corrected chi connectivity index (χ4v) is 3.33. The number of halogens is 3. The van der Waals surface area contributed by atoms with Gasteiger partial charge >= 0.3 is 6.18 Å². The Morgan fingerprint density at radius 3 is 2.47 bits per heavy atom. The number of imidazole rings is 1. The molecule has 0 amide bonds. The van der Waals surface area contributed by atoms with E-state index in [0.717, 1.165) is 22.7 Å². The summed E-state index contributed by atoms with van der Waals surface area (Å²) in [4.78, 5) is 7.54. The summed E-state index contributed by atoms with van der Waals surface area (Å²) in [6.45, 7) is 3.60. The molecule has 0 saturated heterocycles. The fraction of sp³-hybridized carbons (Fsp3) is 0.0417. The third-order valence-corrected chi connectivity index (χ3v) is 4.74. The average molecular weight is 406 g/mol. The normalized spacial score (nSPS) is 12.0. The summed E-state index contributed by atoms with van der Waals surface area (Å²) in [7, 11) is 0. The molecule has 0 bridgehead atoms. The number of benzene rings is 3. The number of aromatic amines is 1. The van der Waals surface area contributed by atoms with Crippen LogP contribution < -0.4 is 0 Å². The van der Waals surface area contributed by atoms with Crippen molar-refractivity contribution < 1.29 is 18.3 Å². The first-order valence-corrected chi connectivity index (χ1v) is 9.14. The summed E-state index contributed by atoms with van der Waals surface area (Å²) in [5, 5.41) is 9.84. The number of fused-ring (bicyclic) bond motifs is 1. The maximum atomic E-state index is 13.2. The van der Waals surface area contributed by atoms with Gasteiger partial charge in [-0.1, -0.05) is 61.2 Å². The fourth-order valence-electron chi connectivity index (χ4n) is 3.33. The minimum absolute atomic E-state index is 0.0257. The van der Waals surface area contributed by atoms with Crippen LogP contribution in [0.15, 0.2) is 73.3 Å². The predicted molar refractivity (Wildman–Crippen MR) is 114 cm³/mol. The zero-order valence-corrected chi connectivity index (χ0v) is 15.7. The van der Waals surface area contributed by atoms with Gasteiger partial charge in [-0.05, 0) is 41.0 Å². The average Bonchev–Trinajstić information content (AvgIpc) is 3.14. The zero-order chi connectivity index (χ0) is 21.3. The molecule has 0 fully saturated rings. The summed E-state index contributed by atoms with van der Waals surface area (Å²) in [5.41, 5.74) is 3.09. The molecule has 30 heavy (non-hydrogen) atoms. The highest BCUT2D eigenvalue weighted by molar-refractivity contribution is 5.86. The van der Waals surface area contributed by atoms with Crippen LogP contribution in [0, 0.1) is 0 Å². The zero-order valence-electron chi connectivity index (χ0n) is 15.7. The highest BCUT2D eigenvalue weighted by atomic mass is 19.4. The molecule has 150 valence electrons. The molecule has 2 N–H and O–H groups in total. The first-order valence-electron chi connectivity index (χ1n) is 9.14.